The van der Waals surface area contributed by atoms with Crippen molar-refractivity contribution < 1.29 is 24.2 Å². The van der Waals surface area contributed by atoms with E-state index in [4.69, 9.17) is 4.74 Å². The van der Waals surface area contributed by atoms with Crippen molar-refractivity contribution >= 4 is 17.7 Å². The number of nitrogens with zero attached hydrogens (tertiary/aromatic N) is 1. The fourth-order valence-electron chi connectivity index (χ4n) is 4.39. The molecule has 1 fully saturated rings. The van der Waals surface area contributed by atoms with E-state index in [1.807, 2.05) is 19.9 Å². The van der Waals surface area contributed by atoms with Crippen molar-refractivity contribution in [3.63, 3.8) is 0 Å². The summed E-state index contributed by atoms with van der Waals surface area (Å²) in [6, 6.07) is 2.86. The summed E-state index contributed by atoms with van der Waals surface area (Å²) in [5, 5.41) is 15.3. The summed E-state index contributed by atoms with van der Waals surface area (Å²) in [6.45, 7) is 5.88. The smallest absolute Gasteiger partial charge is 0.255 e. The standard InChI is InChI=1S/C20H25N3O5/c1-10(24)21-14-8-20(2,3)28-17-12(14)5-4-11-13(17)9-23(19(11)27)15-6-7-16(25)22-18(15)26/h4-5,10,14-15,21,24H,6-9H2,1-3H3,(H,22,25,26). The lowest BCUT2D eigenvalue weighted by Crippen LogP contribution is -2.52. The van der Waals surface area contributed by atoms with Crippen molar-refractivity contribution in [2.75, 3.05) is 0 Å². The number of fused-ring (bicyclic) bond motifs is 3. The molecule has 3 aliphatic heterocycles. The van der Waals surface area contributed by atoms with E-state index in [0.29, 0.717) is 24.2 Å². The van der Waals surface area contributed by atoms with Gasteiger partial charge in [-0.05, 0) is 33.3 Å². The van der Waals surface area contributed by atoms with E-state index in [1.165, 1.54) is 4.90 Å². The molecule has 150 valence electrons. The number of imide groups is 1. The summed E-state index contributed by atoms with van der Waals surface area (Å²) in [6.07, 6.45) is 0.541. The molecule has 1 aromatic rings. The molecule has 28 heavy (non-hydrogen) atoms. The molecular formula is C20H25N3O5. The summed E-state index contributed by atoms with van der Waals surface area (Å²) in [5.74, 6) is -0.310. The molecule has 0 saturated carbocycles. The zero-order chi connectivity index (χ0) is 20.2. The summed E-state index contributed by atoms with van der Waals surface area (Å²) < 4.78 is 6.25. The zero-order valence-electron chi connectivity index (χ0n) is 16.2. The molecule has 1 aromatic carbocycles. The van der Waals surface area contributed by atoms with Crippen LogP contribution in [0.1, 0.15) is 67.6 Å². The van der Waals surface area contributed by atoms with Gasteiger partial charge in [-0.3, -0.25) is 25.0 Å². The van der Waals surface area contributed by atoms with Gasteiger partial charge in [-0.25, -0.2) is 0 Å². The van der Waals surface area contributed by atoms with Gasteiger partial charge in [-0.2, -0.15) is 0 Å². The highest BCUT2D eigenvalue weighted by atomic mass is 16.5. The van der Waals surface area contributed by atoms with Crippen LogP contribution >= 0.6 is 0 Å². The average molecular weight is 387 g/mol. The van der Waals surface area contributed by atoms with Gasteiger partial charge >= 0.3 is 0 Å². The van der Waals surface area contributed by atoms with Crippen LogP contribution in [-0.4, -0.2) is 45.6 Å². The first-order chi connectivity index (χ1) is 13.2. The normalized spacial score (nSPS) is 27.0. The molecule has 1 saturated heterocycles. The van der Waals surface area contributed by atoms with E-state index in [2.05, 4.69) is 10.6 Å². The number of hydrogen-bond acceptors (Lipinski definition) is 6. The predicted molar refractivity (Wildman–Crippen MR) is 99.4 cm³/mol. The minimum absolute atomic E-state index is 0.108. The van der Waals surface area contributed by atoms with E-state index in [-0.39, 0.29) is 30.8 Å². The Morgan fingerprint density at radius 1 is 1.32 bits per heavy atom. The minimum atomic E-state index is -0.679. The van der Waals surface area contributed by atoms with Crippen LogP contribution in [0.4, 0.5) is 0 Å². The maximum absolute atomic E-state index is 13.0. The monoisotopic (exact) mass is 387 g/mol. The third kappa shape index (κ3) is 3.16. The van der Waals surface area contributed by atoms with E-state index in [1.54, 1.807) is 13.0 Å². The van der Waals surface area contributed by atoms with Crippen molar-refractivity contribution in [3.05, 3.63) is 28.8 Å². The molecule has 0 spiro atoms. The number of piperidine rings is 1. The van der Waals surface area contributed by atoms with Crippen molar-refractivity contribution in [2.45, 2.75) is 70.5 Å². The average Bonchev–Trinajstić information content (AvgIpc) is 2.91. The summed E-state index contributed by atoms with van der Waals surface area (Å²) in [7, 11) is 0. The Morgan fingerprint density at radius 2 is 2.07 bits per heavy atom. The molecule has 4 rings (SSSR count). The van der Waals surface area contributed by atoms with Gasteiger partial charge in [0.15, 0.2) is 0 Å². The molecule has 3 N–H and O–H groups in total. The van der Waals surface area contributed by atoms with E-state index in [9.17, 15) is 19.5 Å². The van der Waals surface area contributed by atoms with Gasteiger partial charge in [0.2, 0.25) is 11.8 Å². The lowest BCUT2D eigenvalue weighted by Gasteiger charge is -2.39. The maximum atomic E-state index is 13.0. The van der Waals surface area contributed by atoms with Gasteiger partial charge in [0.1, 0.15) is 23.6 Å². The van der Waals surface area contributed by atoms with Gasteiger partial charge < -0.3 is 14.7 Å². The molecule has 0 radical (unpaired) electrons. The number of ether oxygens (including phenoxy) is 1. The number of benzene rings is 1. The van der Waals surface area contributed by atoms with Crippen LogP contribution in [0, 0.1) is 0 Å². The number of nitrogens with one attached hydrogen (secondary N) is 2. The summed E-state index contributed by atoms with van der Waals surface area (Å²) >= 11 is 0. The first-order valence-electron chi connectivity index (χ1n) is 9.60. The lowest BCUT2D eigenvalue weighted by molar-refractivity contribution is -0.136. The molecule has 3 unspecified atom stereocenters. The lowest BCUT2D eigenvalue weighted by atomic mass is 9.87. The fourth-order valence-corrected chi connectivity index (χ4v) is 4.39. The van der Waals surface area contributed by atoms with Crippen LogP contribution in [0.15, 0.2) is 12.1 Å². The quantitative estimate of drug-likeness (QED) is 0.527. The van der Waals surface area contributed by atoms with Crippen LogP contribution in [0.5, 0.6) is 5.75 Å². The third-order valence-electron chi connectivity index (χ3n) is 5.59. The Bertz CT molecular complexity index is 864. The number of aliphatic hydroxyl groups excluding tert-OH is 1. The first-order valence-corrected chi connectivity index (χ1v) is 9.60. The molecule has 3 atom stereocenters. The second-order valence-corrected chi connectivity index (χ2v) is 8.37. The number of amides is 3. The Morgan fingerprint density at radius 3 is 2.75 bits per heavy atom. The number of hydrogen-bond donors (Lipinski definition) is 3. The second-order valence-electron chi connectivity index (χ2n) is 8.37. The Hall–Kier alpha value is -2.45. The van der Waals surface area contributed by atoms with Crippen molar-refractivity contribution in [2.24, 2.45) is 0 Å². The molecule has 8 nitrogen and oxygen atoms in total. The van der Waals surface area contributed by atoms with Crippen LogP contribution in [0.25, 0.3) is 0 Å². The van der Waals surface area contributed by atoms with E-state index < -0.39 is 23.8 Å². The van der Waals surface area contributed by atoms with Crippen molar-refractivity contribution in [3.8, 4) is 5.75 Å². The summed E-state index contributed by atoms with van der Waals surface area (Å²) in [5.41, 5.74) is 1.71. The van der Waals surface area contributed by atoms with Gasteiger partial charge in [-0.1, -0.05) is 6.07 Å². The molecule has 0 aromatic heterocycles. The van der Waals surface area contributed by atoms with Crippen LogP contribution in [-0.2, 0) is 16.1 Å². The molecule has 0 bridgehead atoms. The Kier molecular flexibility index (Phi) is 4.43. The molecule has 3 aliphatic rings. The van der Waals surface area contributed by atoms with Crippen molar-refractivity contribution in [1.82, 2.24) is 15.5 Å². The molecule has 8 heteroatoms. The number of carbonyl (C=O) groups excluding carboxylic acids is 3. The number of rotatable bonds is 3. The van der Waals surface area contributed by atoms with E-state index in [0.717, 1.165) is 11.1 Å². The molecule has 0 aliphatic carbocycles. The predicted octanol–water partition coefficient (Wildman–Crippen LogP) is 0.978. The molecular weight excluding hydrogens is 362 g/mol. The second kappa shape index (κ2) is 6.56. The van der Waals surface area contributed by atoms with Crippen LogP contribution in [0.2, 0.25) is 0 Å². The van der Waals surface area contributed by atoms with E-state index >= 15 is 0 Å². The largest absolute Gasteiger partial charge is 0.487 e. The molecule has 3 heterocycles. The molecule has 3 amide bonds. The van der Waals surface area contributed by atoms with Gasteiger partial charge in [0.25, 0.3) is 5.91 Å². The zero-order valence-corrected chi connectivity index (χ0v) is 16.2. The van der Waals surface area contributed by atoms with Crippen molar-refractivity contribution in [1.29, 1.82) is 0 Å². The SMILES string of the molecule is CC(O)NC1CC(C)(C)Oc2c1ccc1c2CN(C2CCC(=O)NC2=O)C1=O. The maximum Gasteiger partial charge on any atom is 0.255 e. The van der Waals surface area contributed by atoms with Gasteiger partial charge in [0, 0.05) is 35.6 Å². The third-order valence-corrected chi connectivity index (χ3v) is 5.59. The topological polar surface area (TPSA) is 108 Å². The number of carbonyl (C=O) groups is 3. The van der Waals surface area contributed by atoms with Gasteiger partial charge in [-0.15, -0.1) is 0 Å². The Labute approximate surface area is 163 Å². The Balaban J connectivity index is 1.70. The van der Waals surface area contributed by atoms with Gasteiger partial charge in [0.05, 0.1) is 6.54 Å². The van der Waals surface area contributed by atoms with Crippen LogP contribution < -0.4 is 15.4 Å². The first kappa shape index (κ1) is 18.9. The fraction of sp³-hybridized carbons (Fsp3) is 0.550. The highest BCUT2D eigenvalue weighted by Gasteiger charge is 2.43. The number of aliphatic hydroxyl groups is 1. The highest BCUT2D eigenvalue weighted by molar-refractivity contribution is 6.05. The minimum Gasteiger partial charge on any atom is -0.487 e. The highest BCUT2D eigenvalue weighted by Crippen LogP contribution is 2.45. The summed E-state index contributed by atoms with van der Waals surface area (Å²) in [4.78, 5) is 38.2. The van der Waals surface area contributed by atoms with Crippen LogP contribution in [0.3, 0.4) is 0 Å².